The highest BCUT2D eigenvalue weighted by molar-refractivity contribution is 5.89. The second kappa shape index (κ2) is 15.8. The van der Waals surface area contributed by atoms with Gasteiger partial charge >= 0.3 is 17.9 Å². The average Bonchev–Trinajstić information content (AvgIpc) is 2.59. The Morgan fingerprint density at radius 3 is 1.69 bits per heavy atom. The van der Waals surface area contributed by atoms with E-state index in [0.717, 1.165) is 12.8 Å². The maximum atomic E-state index is 11.6. The Balaban J connectivity index is 3.59. The molecule has 0 heterocycles. The van der Waals surface area contributed by atoms with Gasteiger partial charge in [-0.1, -0.05) is 71.1 Å². The first kappa shape index (κ1) is 24.6. The van der Waals surface area contributed by atoms with Crippen molar-refractivity contribution in [1.82, 2.24) is 0 Å². The lowest BCUT2D eigenvalue weighted by Crippen LogP contribution is -2.31. The Morgan fingerprint density at radius 1 is 0.769 bits per heavy atom. The Morgan fingerprint density at radius 2 is 1.23 bits per heavy atom. The lowest BCUT2D eigenvalue weighted by atomic mass is 10.1. The van der Waals surface area contributed by atoms with Crippen LogP contribution in [-0.4, -0.2) is 35.2 Å². The molecular weight excluding hydrogens is 336 g/mol. The number of hydrogen-bond donors (Lipinski definition) is 1. The van der Waals surface area contributed by atoms with Crippen LogP contribution in [0.4, 0.5) is 0 Å². The van der Waals surface area contributed by atoms with Crippen molar-refractivity contribution >= 4 is 17.9 Å². The van der Waals surface area contributed by atoms with E-state index in [1.54, 1.807) is 0 Å². The van der Waals surface area contributed by atoms with E-state index in [4.69, 9.17) is 5.11 Å². The Hall–Kier alpha value is -1.43. The van der Waals surface area contributed by atoms with Crippen LogP contribution in [0.5, 0.6) is 0 Å². The molecule has 0 spiro atoms. The highest BCUT2D eigenvalue weighted by Crippen LogP contribution is 2.12. The molecule has 2 unspecified atom stereocenters. The van der Waals surface area contributed by atoms with E-state index in [1.165, 1.54) is 65.2 Å². The highest BCUT2D eigenvalue weighted by Gasteiger charge is 2.23. The van der Waals surface area contributed by atoms with Gasteiger partial charge in [-0.2, -0.15) is 0 Å². The number of aliphatic hydroxyl groups excluding tert-OH is 1. The number of ether oxygens (including phenoxy) is 2. The monoisotopic (exact) mass is 372 g/mol. The first-order valence-electron chi connectivity index (χ1n) is 10.0. The molecule has 0 aromatic rings. The molecule has 0 rings (SSSR count). The van der Waals surface area contributed by atoms with Crippen LogP contribution in [0.1, 0.15) is 97.8 Å². The molecule has 0 aliphatic carbocycles. The zero-order valence-electron chi connectivity index (χ0n) is 16.6. The molecule has 0 aliphatic heterocycles. The topological polar surface area (TPSA) is 89.9 Å². The maximum absolute atomic E-state index is 11.6. The summed E-state index contributed by atoms with van der Waals surface area (Å²) in [4.78, 5) is 34.4. The fraction of sp³-hybridized carbons (Fsp3) is 0.850. The molecule has 0 radical (unpaired) electrons. The smallest absolute Gasteiger partial charge is 0.354 e. The summed E-state index contributed by atoms with van der Waals surface area (Å²) in [6.45, 7) is 4.76. The minimum Gasteiger partial charge on any atom is -0.449 e. The van der Waals surface area contributed by atoms with Crippen LogP contribution in [0.3, 0.4) is 0 Å². The molecule has 0 aromatic carbocycles. The first-order valence-corrected chi connectivity index (χ1v) is 10.0. The van der Waals surface area contributed by atoms with Gasteiger partial charge in [0.2, 0.25) is 0 Å². The first-order chi connectivity index (χ1) is 12.4. The van der Waals surface area contributed by atoms with Crippen LogP contribution in [0, 0.1) is 0 Å². The van der Waals surface area contributed by atoms with Crippen molar-refractivity contribution in [3.8, 4) is 0 Å². The molecule has 152 valence electrons. The molecule has 1 N–H and O–H groups in total. The summed E-state index contributed by atoms with van der Waals surface area (Å²) in [7, 11) is 0. The van der Waals surface area contributed by atoms with Gasteiger partial charge in [-0.05, 0) is 20.3 Å². The van der Waals surface area contributed by atoms with Crippen LogP contribution in [-0.2, 0) is 23.9 Å². The summed E-state index contributed by atoms with van der Waals surface area (Å²) in [6, 6.07) is 0. The lowest BCUT2D eigenvalue weighted by molar-refractivity contribution is -0.176. The largest absolute Gasteiger partial charge is 0.449 e. The van der Waals surface area contributed by atoms with Gasteiger partial charge in [0.1, 0.15) is 6.10 Å². The number of aliphatic hydroxyl groups is 1. The summed E-state index contributed by atoms with van der Waals surface area (Å²) in [5.41, 5.74) is 0. The van der Waals surface area contributed by atoms with Gasteiger partial charge in [-0.3, -0.25) is 4.79 Å². The van der Waals surface area contributed by atoms with Gasteiger partial charge in [-0.15, -0.1) is 0 Å². The van der Waals surface area contributed by atoms with Crippen molar-refractivity contribution in [1.29, 1.82) is 0 Å². The summed E-state index contributed by atoms with van der Waals surface area (Å²) in [5.74, 6) is -2.44. The summed E-state index contributed by atoms with van der Waals surface area (Å²) in [6.07, 6.45) is 10.6. The van der Waals surface area contributed by atoms with Crippen LogP contribution in [0.15, 0.2) is 0 Å². The highest BCUT2D eigenvalue weighted by atomic mass is 16.6. The normalized spacial score (nSPS) is 13.1. The molecule has 0 saturated heterocycles. The van der Waals surface area contributed by atoms with E-state index in [2.05, 4.69) is 16.4 Å². The van der Waals surface area contributed by atoms with Crippen LogP contribution in [0.25, 0.3) is 0 Å². The standard InChI is InChI=1S/C20H36O6/c1-4-5-6-7-8-9-10-11-12-13-14-15-18(22)26-20(24)17(3)25-19(23)16(2)21/h16-17,21H,4-15H2,1-3H3. The zero-order valence-corrected chi connectivity index (χ0v) is 16.6. The van der Waals surface area contributed by atoms with Crippen molar-refractivity contribution in [2.24, 2.45) is 0 Å². The number of carbonyl (C=O) groups is 3. The number of unbranched alkanes of at least 4 members (excludes halogenated alkanes) is 10. The lowest BCUT2D eigenvalue weighted by Gasteiger charge is -2.12. The van der Waals surface area contributed by atoms with Crippen LogP contribution in [0.2, 0.25) is 0 Å². The Kier molecular flexibility index (Phi) is 14.9. The number of hydrogen-bond acceptors (Lipinski definition) is 6. The van der Waals surface area contributed by atoms with Crippen LogP contribution < -0.4 is 0 Å². The zero-order chi connectivity index (χ0) is 19.8. The van der Waals surface area contributed by atoms with Crippen molar-refractivity contribution < 1.29 is 29.0 Å². The predicted molar refractivity (Wildman–Crippen MR) is 99.4 cm³/mol. The summed E-state index contributed by atoms with van der Waals surface area (Å²) < 4.78 is 9.32. The van der Waals surface area contributed by atoms with Crippen molar-refractivity contribution in [2.45, 2.75) is 110 Å². The quantitative estimate of drug-likeness (QED) is 0.265. The third kappa shape index (κ3) is 13.8. The molecule has 0 aromatic heterocycles. The average molecular weight is 373 g/mol. The molecule has 6 nitrogen and oxygen atoms in total. The molecule has 2 atom stereocenters. The number of carbonyl (C=O) groups excluding carboxylic acids is 3. The predicted octanol–water partition coefficient (Wildman–Crippen LogP) is 4.07. The second-order valence-electron chi connectivity index (χ2n) is 6.83. The van der Waals surface area contributed by atoms with Crippen molar-refractivity contribution in [3.63, 3.8) is 0 Å². The van der Waals surface area contributed by atoms with E-state index in [1.807, 2.05) is 0 Å². The minimum absolute atomic E-state index is 0.180. The van der Waals surface area contributed by atoms with E-state index in [-0.39, 0.29) is 6.42 Å². The molecule has 0 fully saturated rings. The fourth-order valence-electron chi connectivity index (χ4n) is 2.50. The van der Waals surface area contributed by atoms with E-state index in [9.17, 15) is 14.4 Å². The Labute approximate surface area is 157 Å². The molecular formula is C20H36O6. The third-order valence-corrected chi connectivity index (χ3v) is 4.16. The molecule has 26 heavy (non-hydrogen) atoms. The van der Waals surface area contributed by atoms with Crippen molar-refractivity contribution in [3.05, 3.63) is 0 Å². The molecule has 6 heteroatoms. The van der Waals surface area contributed by atoms with Gasteiger partial charge in [0.25, 0.3) is 0 Å². The molecule has 0 aliphatic rings. The number of rotatable bonds is 15. The molecule has 0 amide bonds. The van der Waals surface area contributed by atoms with Crippen LogP contribution >= 0.6 is 0 Å². The van der Waals surface area contributed by atoms with E-state index < -0.39 is 30.1 Å². The minimum atomic E-state index is -1.32. The molecule has 0 saturated carbocycles. The van der Waals surface area contributed by atoms with Crippen molar-refractivity contribution in [2.75, 3.05) is 0 Å². The van der Waals surface area contributed by atoms with E-state index >= 15 is 0 Å². The number of esters is 3. The third-order valence-electron chi connectivity index (χ3n) is 4.16. The SMILES string of the molecule is CCCCCCCCCCCCCC(=O)OC(=O)C(C)OC(=O)C(C)O. The van der Waals surface area contributed by atoms with Gasteiger partial charge < -0.3 is 14.6 Å². The fourth-order valence-corrected chi connectivity index (χ4v) is 2.50. The van der Waals surface area contributed by atoms with Gasteiger partial charge in [0, 0.05) is 6.42 Å². The van der Waals surface area contributed by atoms with E-state index in [0.29, 0.717) is 6.42 Å². The second-order valence-corrected chi connectivity index (χ2v) is 6.83. The maximum Gasteiger partial charge on any atom is 0.354 e. The summed E-state index contributed by atoms with van der Waals surface area (Å²) in [5, 5.41) is 9.01. The van der Waals surface area contributed by atoms with Gasteiger partial charge in [0.05, 0.1) is 0 Å². The van der Waals surface area contributed by atoms with Gasteiger partial charge in [-0.25, -0.2) is 9.59 Å². The Bertz CT molecular complexity index is 405. The molecule has 0 bridgehead atoms. The van der Waals surface area contributed by atoms with Gasteiger partial charge in [0.15, 0.2) is 6.10 Å². The summed E-state index contributed by atoms with van der Waals surface area (Å²) >= 11 is 0.